The molecule has 2 aromatic carbocycles. The second-order valence-electron chi connectivity index (χ2n) is 50.1. The van der Waals surface area contributed by atoms with Crippen molar-refractivity contribution in [3.05, 3.63) is 120 Å². The summed E-state index contributed by atoms with van der Waals surface area (Å²) < 4.78 is 162. The van der Waals surface area contributed by atoms with Crippen LogP contribution in [0.15, 0.2) is 109 Å². The quantitative estimate of drug-likeness (QED) is 0.0781. The zero-order valence-corrected chi connectivity index (χ0v) is 99.0. The summed E-state index contributed by atoms with van der Waals surface area (Å²) in [5, 5.41) is 10.4. The SMILES string of the molecule is C1CCOC1.C=C1CC(CC[C@@]23C[C@H]4O[C@H]5[C@@H](O2)[C@H]2O[C@@H](CC)CC[C@@H]2O[C@H]5[C@H]4O3)O[C@H]1CCC1C[C@@H](C)C(=C)[C@@H](CC2O[C@H](C[C@H](C)CO[Si](C)(C)C(C)(C)C)[C@H](C)[C@H]2Cc2ccccc2)O1.C=C1CC2CC[C@@]34C[C@H]5O[C@H]6[C@@H](O3)[C@H]3O[C@H](CC[C@@H]3O[C@H]6[C@H]5O4)CC(=O)C(c3ccccc3)C3C(C[C@H]4OC(CC[C@@H]1O2)C[C@@H](C)C4=C)O[C@H](C[C@H](C)CO[Si](C)(C)C(C)(C)C)[C@@H]3C.CC(C)(C)[O-].O=C=O.O=S=O.O=S=O.[K+]. The van der Waals surface area contributed by atoms with Crippen molar-refractivity contribution in [3.8, 4) is 0 Å². The minimum absolute atomic E-state index is 0. The van der Waals surface area contributed by atoms with Gasteiger partial charge in [-0.2, -0.15) is 26.4 Å². The van der Waals surface area contributed by atoms with Gasteiger partial charge < -0.3 is 94.5 Å². The summed E-state index contributed by atoms with van der Waals surface area (Å²) in [5.41, 5.74) is 6.38. The van der Waals surface area contributed by atoms with Crippen LogP contribution < -0.4 is 56.5 Å². The smallest absolute Gasteiger partial charge is 0.850 e. The summed E-state index contributed by atoms with van der Waals surface area (Å²) >= 11 is -1.50. The molecular weight excluding hydrogens is 1970 g/mol. The van der Waals surface area contributed by atoms with Crippen LogP contribution in [0.3, 0.4) is 0 Å². The van der Waals surface area contributed by atoms with Gasteiger partial charge in [0.25, 0.3) is 0 Å². The van der Waals surface area contributed by atoms with E-state index < -0.39 is 57.0 Å². The van der Waals surface area contributed by atoms with Gasteiger partial charge in [-0.1, -0.05) is 198 Å². The first-order chi connectivity index (χ1) is 69.2. The standard InChI is InChI=1S/C53H78O10Si.C53H82O9Si.C4H8O.C4H9O.CO2.K.2O2S/c1-29(28-55-64(9,10)52(6,7)8)22-41-33(5)45-43(59-41)26-42-32(4)30(2)23-35(57-42)16-18-39-31(3)24-37(56-39)20-21-53-27-44-48(62-53)49-50(61-44)51(63-53)47-40(60-49)19-17-36(58-47)25-38(54)46(45)34-14-12-11-13-15-34;1-12-37-18-21-42-47(57-37)51-50-49(59-42)48-46(60-50)29-53(61-48,62-51)23-22-39-26-33(4)41(55-39)20-19-38-25-32(3)34(5)44(56-38)28-45-40(27-36-16-14-13-15-17-36)35(6)43(58-45)24-31(2)30-54-63(10,11)52(7,8)9;1-2-4-5-3-1;1-4(2,3)5;2-1-3;;2*1-3-2/h11-15,29-30,33,35-37,39-51H,3-4,16-28H2,1-2,5-10H3;13-17,31-32,35,37-51H,4-5,12,18-30H2,1-3,6-11H3;1-4H2;1-3H3;;;;/q;;;-1;;+1;;/t29-,30+,33-,35?,36+,37?,39-,40-,41+,42+,43?,44+,45?,46?,47-,48-,49-,50+,51-,53-;31-,32+,35+,37-,38?,39?,40+,41-,42-,43+,44+,45?,46+,47-,48-,49-,50+,51-,53-;;;;;;/m00....../s1. The number of Topliss-reactive ketones (excluding diaryl/α,β-unsaturated/α-hetero) is 1. The monoisotopic (exact) mass is 2150 g/mol. The number of ketones is 1. The van der Waals surface area contributed by atoms with Gasteiger partial charge in [0.05, 0.1) is 110 Å². The van der Waals surface area contributed by atoms with Gasteiger partial charge >= 0.3 is 80.7 Å². The van der Waals surface area contributed by atoms with Crippen molar-refractivity contribution in [1.29, 1.82) is 0 Å². The van der Waals surface area contributed by atoms with Crippen molar-refractivity contribution in [2.24, 2.45) is 47.3 Å². The van der Waals surface area contributed by atoms with Crippen molar-refractivity contribution in [2.45, 2.75) is 514 Å². The molecule has 0 saturated carbocycles. The first-order valence-corrected chi connectivity index (χ1v) is 62.6. The average Bonchev–Trinajstić information content (AvgIpc) is 1.55. The summed E-state index contributed by atoms with van der Waals surface area (Å²) in [4.78, 5) is 31.7. The molecule has 22 rings (SSSR count). The molecule has 18 bridgehead atoms. The molecule has 1 spiro atoms. The van der Waals surface area contributed by atoms with Crippen molar-refractivity contribution < 1.29 is 177 Å². The zero-order valence-electron chi connectivity index (χ0n) is 92.2. The molecule has 20 saturated heterocycles. The maximum Gasteiger partial charge on any atom is 1.00 e. The number of hydrogen-bond donors (Lipinski definition) is 0. The maximum atomic E-state index is 15.4. The van der Waals surface area contributed by atoms with Gasteiger partial charge in [-0.3, -0.25) is 4.79 Å². The van der Waals surface area contributed by atoms with Crippen LogP contribution in [-0.4, -0.2) is 260 Å². The first kappa shape index (κ1) is 121. The minimum atomic E-state index is -1.93. The van der Waals surface area contributed by atoms with Crippen molar-refractivity contribution in [3.63, 3.8) is 0 Å². The fourth-order valence-corrected chi connectivity index (χ4v) is 28.3. The van der Waals surface area contributed by atoms with Crippen LogP contribution in [0.1, 0.15) is 295 Å². The van der Waals surface area contributed by atoms with Crippen molar-refractivity contribution in [2.75, 3.05) is 26.4 Å². The van der Waals surface area contributed by atoms with Gasteiger partial charge in [0.15, 0.2) is 28.2 Å². The molecule has 2 aromatic rings. The number of carbonyl (C=O) groups excluding carboxylic acids is 3. The summed E-state index contributed by atoms with van der Waals surface area (Å²) in [7, 11) is -3.75. The van der Waals surface area contributed by atoms with Crippen LogP contribution in [-0.2, 0) is 133 Å². The number of benzene rings is 2. The third kappa shape index (κ3) is 30.1. The molecule has 20 heterocycles. The molecule has 20 aliphatic rings. The number of hydrogen-bond acceptors (Lipinski definition) is 27. The van der Waals surface area contributed by atoms with Crippen molar-refractivity contribution in [1.82, 2.24) is 0 Å². The fraction of sp³-hybridized carbons (Fsp3) is 0.809. The van der Waals surface area contributed by atoms with E-state index in [2.05, 4.69) is 197 Å². The van der Waals surface area contributed by atoms with E-state index >= 15 is 4.79 Å². The van der Waals surface area contributed by atoms with Crippen LogP contribution in [0.25, 0.3) is 0 Å². The summed E-state index contributed by atoms with van der Waals surface area (Å²) in [5.74, 6) is 0.657. The van der Waals surface area contributed by atoms with Gasteiger partial charge in [0, 0.05) is 83.2 Å². The van der Waals surface area contributed by atoms with E-state index in [4.69, 9.17) is 116 Å². The Bertz CT molecular complexity index is 4660. The Morgan fingerprint density at radius 3 is 1.61 bits per heavy atom. The van der Waals surface area contributed by atoms with Crippen LogP contribution in [0, 0.1) is 47.3 Å². The molecule has 32 heteroatoms. The third-order valence-corrected chi connectivity index (χ3v) is 45.1. The molecule has 0 N–H and O–H groups in total. The van der Waals surface area contributed by atoms with Crippen LogP contribution >= 0.6 is 0 Å². The van der Waals surface area contributed by atoms with Gasteiger partial charge in [0.1, 0.15) is 66.8 Å². The fourth-order valence-electron chi connectivity index (χ4n) is 26.0. The van der Waals surface area contributed by atoms with E-state index in [0.717, 1.165) is 166 Å². The Kier molecular flexibility index (Phi) is 43.7. The van der Waals surface area contributed by atoms with Gasteiger partial charge in [-0.15, -0.1) is 5.60 Å². The van der Waals surface area contributed by atoms with Crippen LogP contribution in [0.2, 0.25) is 36.3 Å². The molecule has 0 aromatic heterocycles. The molecule has 8 unspecified atom stereocenters. The van der Waals surface area contributed by atoms with E-state index in [1.54, 1.807) is 20.8 Å². The number of rotatable bonds is 22. The Morgan fingerprint density at radius 1 is 0.497 bits per heavy atom. The molecule has 0 aliphatic carbocycles. The number of ether oxygens (including phenoxy) is 17. The van der Waals surface area contributed by atoms with E-state index in [0.29, 0.717) is 67.8 Å². The second kappa shape index (κ2) is 52.9. The number of fused-ring (bicyclic) bond motifs is 7. The Labute approximate surface area is 929 Å². The van der Waals surface area contributed by atoms with E-state index in [1.807, 2.05) is 6.07 Å². The van der Waals surface area contributed by atoms with Gasteiger partial charge in [-0.05, 0) is 240 Å². The van der Waals surface area contributed by atoms with E-state index in [-0.39, 0.29) is 262 Å². The second-order valence-corrected chi connectivity index (χ2v) is 60.0. The Hall–Kier alpha value is -2.64. The molecule has 39 atom stereocenters. The predicted molar refractivity (Wildman–Crippen MR) is 557 cm³/mol. The Balaban J connectivity index is 0.000000208. The molecule has 27 nitrogen and oxygen atoms in total. The van der Waals surface area contributed by atoms with E-state index in [1.165, 1.54) is 35.1 Å². The summed E-state index contributed by atoms with van der Waals surface area (Å²) in [6.45, 7) is 66.2. The zero-order chi connectivity index (χ0) is 105. The van der Waals surface area contributed by atoms with Crippen LogP contribution in [0.5, 0.6) is 0 Å². The molecule has 147 heavy (non-hydrogen) atoms. The molecule has 820 valence electrons. The largest absolute Gasteiger partial charge is 1.00 e. The third-order valence-electron chi connectivity index (χ3n) is 36.1. The first-order valence-electron chi connectivity index (χ1n) is 55.5. The normalized spacial score (nSPS) is 40.5. The van der Waals surface area contributed by atoms with Crippen molar-refractivity contribution >= 4 is 51.7 Å². The van der Waals surface area contributed by atoms with E-state index in [9.17, 15) is 5.11 Å². The van der Waals surface area contributed by atoms with Crippen LogP contribution in [0.4, 0.5) is 0 Å². The molecule has 0 amide bonds. The molecule has 20 fully saturated rings. The molecule has 20 aliphatic heterocycles. The molecule has 0 radical (unpaired) electrons. The van der Waals surface area contributed by atoms with Gasteiger partial charge in [0.2, 0.25) is 0 Å². The maximum absolute atomic E-state index is 15.4. The topological polar surface area (TPSA) is 318 Å². The average molecular weight is 2150 g/mol. The predicted octanol–water partition coefficient (Wildman–Crippen LogP) is 16.5. The summed E-state index contributed by atoms with van der Waals surface area (Å²) in [6.07, 6.45) is 22.2. The molecular formula is C115H177KO27S2Si2. The minimum Gasteiger partial charge on any atom is -0.850 e. The number of carbonyl (C=O) groups is 1. The van der Waals surface area contributed by atoms with Gasteiger partial charge in [-0.25, -0.2) is 0 Å². The summed E-state index contributed by atoms with van der Waals surface area (Å²) in [6, 6.07) is 21.4. The Morgan fingerprint density at radius 2 is 1.01 bits per heavy atom.